The largest absolute Gasteiger partial charge is 0.369 e. The molecule has 0 spiro atoms. The third kappa shape index (κ3) is 3.20. The molecule has 2 aliphatic heterocycles. The van der Waals surface area contributed by atoms with Crippen molar-refractivity contribution in [2.24, 2.45) is 5.92 Å². The molecule has 2 aliphatic rings. The first-order valence-electron chi connectivity index (χ1n) is 7.98. The monoisotopic (exact) mass is 284 g/mol. The fourth-order valence-electron chi connectivity index (χ4n) is 3.60. The molecule has 0 amide bonds. The average molecular weight is 284 g/mol. The Morgan fingerprint density at radius 3 is 2.48 bits per heavy atom. The van der Waals surface area contributed by atoms with Crippen molar-refractivity contribution >= 4 is 5.69 Å². The summed E-state index contributed by atoms with van der Waals surface area (Å²) in [6, 6.07) is 10.9. The lowest BCUT2D eigenvalue weighted by Gasteiger charge is -2.44. The van der Waals surface area contributed by atoms with Crippen LogP contribution in [0.4, 0.5) is 5.69 Å². The van der Waals surface area contributed by atoms with Crippen LogP contribution in [0.2, 0.25) is 0 Å². The summed E-state index contributed by atoms with van der Waals surface area (Å²) in [4.78, 5) is 5.11. The van der Waals surface area contributed by atoms with Gasteiger partial charge in [0.05, 0.1) is 11.6 Å². The number of anilines is 1. The van der Waals surface area contributed by atoms with Crippen LogP contribution in [-0.2, 0) is 0 Å². The van der Waals surface area contributed by atoms with Gasteiger partial charge in [-0.2, -0.15) is 5.26 Å². The predicted octanol–water partition coefficient (Wildman–Crippen LogP) is 1.68. The molecule has 1 aromatic rings. The fourth-order valence-corrected chi connectivity index (χ4v) is 3.60. The summed E-state index contributed by atoms with van der Waals surface area (Å²) in [7, 11) is 0. The SMILES string of the molecule is C[C@H]1CNCC[C@H]1N1CCN(c2ccc(C#N)cc2)CC1. The van der Waals surface area contributed by atoms with Gasteiger partial charge >= 0.3 is 0 Å². The molecule has 2 heterocycles. The van der Waals surface area contributed by atoms with Gasteiger partial charge in [-0.3, -0.25) is 4.90 Å². The van der Waals surface area contributed by atoms with E-state index >= 15 is 0 Å². The van der Waals surface area contributed by atoms with Crippen LogP contribution in [0.5, 0.6) is 0 Å². The molecule has 0 saturated carbocycles. The van der Waals surface area contributed by atoms with Crippen LogP contribution in [0, 0.1) is 17.2 Å². The summed E-state index contributed by atoms with van der Waals surface area (Å²) in [5.41, 5.74) is 1.98. The maximum atomic E-state index is 8.87. The standard InChI is InChI=1S/C17H24N4/c1-14-13-19-7-6-17(14)21-10-8-20(9-11-21)16-4-2-15(12-18)3-5-16/h2-5,14,17,19H,6-11,13H2,1H3/t14-,17+/m0/s1. The Labute approximate surface area is 127 Å². The van der Waals surface area contributed by atoms with E-state index in [1.807, 2.05) is 12.1 Å². The molecule has 0 bridgehead atoms. The van der Waals surface area contributed by atoms with E-state index in [0.29, 0.717) is 0 Å². The van der Waals surface area contributed by atoms with Crippen molar-refractivity contribution in [2.45, 2.75) is 19.4 Å². The van der Waals surface area contributed by atoms with Crippen molar-refractivity contribution in [2.75, 3.05) is 44.2 Å². The Hall–Kier alpha value is -1.57. The topological polar surface area (TPSA) is 42.3 Å². The lowest BCUT2D eigenvalue weighted by atomic mass is 9.93. The number of rotatable bonds is 2. The van der Waals surface area contributed by atoms with Crippen molar-refractivity contribution in [3.05, 3.63) is 29.8 Å². The van der Waals surface area contributed by atoms with E-state index in [0.717, 1.165) is 56.8 Å². The van der Waals surface area contributed by atoms with Gasteiger partial charge in [0.25, 0.3) is 0 Å². The summed E-state index contributed by atoms with van der Waals surface area (Å²) < 4.78 is 0. The quantitative estimate of drug-likeness (QED) is 0.897. The maximum Gasteiger partial charge on any atom is 0.0991 e. The number of nitrogens with zero attached hydrogens (tertiary/aromatic N) is 3. The molecule has 1 aromatic carbocycles. The lowest BCUT2D eigenvalue weighted by molar-refractivity contribution is 0.113. The minimum absolute atomic E-state index is 0.737. The van der Waals surface area contributed by atoms with Gasteiger partial charge in [0.1, 0.15) is 0 Å². The Bertz CT molecular complexity index is 497. The number of nitriles is 1. The van der Waals surface area contributed by atoms with E-state index in [1.165, 1.54) is 12.1 Å². The molecule has 2 fully saturated rings. The van der Waals surface area contributed by atoms with Crippen LogP contribution in [0.3, 0.4) is 0 Å². The van der Waals surface area contributed by atoms with E-state index in [2.05, 4.69) is 40.2 Å². The normalized spacial score (nSPS) is 27.3. The maximum absolute atomic E-state index is 8.87. The van der Waals surface area contributed by atoms with Crippen molar-refractivity contribution < 1.29 is 0 Å². The van der Waals surface area contributed by atoms with E-state index in [1.54, 1.807) is 0 Å². The number of hydrogen-bond donors (Lipinski definition) is 1. The molecule has 4 nitrogen and oxygen atoms in total. The van der Waals surface area contributed by atoms with Gasteiger partial charge < -0.3 is 10.2 Å². The fraction of sp³-hybridized carbons (Fsp3) is 0.588. The van der Waals surface area contributed by atoms with Crippen LogP contribution in [0.25, 0.3) is 0 Å². The average Bonchev–Trinajstić information content (AvgIpc) is 2.56. The molecular formula is C17H24N4. The Morgan fingerprint density at radius 2 is 1.86 bits per heavy atom. The predicted molar refractivity (Wildman–Crippen MR) is 85.4 cm³/mol. The smallest absolute Gasteiger partial charge is 0.0991 e. The van der Waals surface area contributed by atoms with Crippen molar-refractivity contribution in [1.82, 2.24) is 10.2 Å². The van der Waals surface area contributed by atoms with Gasteiger partial charge in [-0.15, -0.1) is 0 Å². The molecule has 21 heavy (non-hydrogen) atoms. The Balaban J connectivity index is 1.58. The molecule has 0 radical (unpaired) electrons. The van der Waals surface area contributed by atoms with Gasteiger partial charge in [-0.05, 0) is 49.7 Å². The molecule has 1 N–H and O–H groups in total. The van der Waals surface area contributed by atoms with Crippen LogP contribution in [-0.4, -0.2) is 50.2 Å². The van der Waals surface area contributed by atoms with Crippen molar-refractivity contribution in [1.29, 1.82) is 5.26 Å². The summed E-state index contributed by atoms with van der Waals surface area (Å²) in [5.74, 6) is 0.750. The molecule has 112 valence electrons. The highest BCUT2D eigenvalue weighted by Crippen LogP contribution is 2.22. The van der Waals surface area contributed by atoms with E-state index in [9.17, 15) is 0 Å². The zero-order valence-electron chi connectivity index (χ0n) is 12.8. The summed E-state index contributed by atoms with van der Waals surface area (Å²) in [6.07, 6.45) is 1.28. The zero-order valence-corrected chi connectivity index (χ0v) is 12.8. The number of piperidine rings is 1. The second-order valence-corrected chi connectivity index (χ2v) is 6.22. The molecule has 0 aromatic heterocycles. The van der Waals surface area contributed by atoms with E-state index < -0.39 is 0 Å². The summed E-state index contributed by atoms with van der Waals surface area (Å²) >= 11 is 0. The summed E-state index contributed by atoms with van der Waals surface area (Å²) in [6.45, 7) is 9.14. The van der Waals surface area contributed by atoms with E-state index in [-0.39, 0.29) is 0 Å². The minimum Gasteiger partial charge on any atom is -0.369 e. The highest BCUT2D eigenvalue weighted by atomic mass is 15.3. The molecule has 4 heteroatoms. The third-order valence-electron chi connectivity index (χ3n) is 4.88. The number of nitrogens with one attached hydrogen (secondary N) is 1. The first-order chi connectivity index (χ1) is 10.3. The molecule has 3 rings (SSSR count). The Morgan fingerprint density at radius 1 is 1.14 bits per heavy atom. The molecule has 0 aliphatic carbocycles. The van der Waals surface area contributed by atoms with E-state index in [4.69, 9.17) is 5.26 Å². The second-order valence-electron chi connectivity index (χ2n) is 6.22. The second kappa shape index (κ2) is 6.46. The molecule has 0 unspecified atom stereocenters. The molecule has 2 atom stereocenters. The highest BCUT2D eigenvalue weighted by Gasteiger charge is 2.29. The van der Waals surface area contributed by atoms with Crippen molar-refractivity contribution in [3.8, 4) is 6.07 Å². The van der Waals surface area contributed by atoms with Gasteiger partial charge in [-0.25, -0.2) is 0 Å². The zero-order chi connectivity index (χ0) is 14.7. The van der Waals surface area contributed by atoms with Crippen LogP contribution >= 0.6 is 0 Å². The number of hydrogen-bond acceptors (Lipinski definition) is 4. The summed E-state index contributed by atoms with van der Waals surface area (Å²) in [5, 5.41) is 12.4. The minimum atomic E-state index is 0.737. The van der Waals surface area contributed by atoms with Gasteiger partial charge in [0.15, 0.2) is 0 Å². The third-order valence-corrected chi connectivity index (χ3v) is 4.88. The van der Waals surface area contributed by atoms with Gasteiger partial charge in [0.2, 0.25) is 0 Å². The van der Waals surface area contributed by atoms with Crippen molar-refractivity contribution in [3.63, 3.8) is 0 Å². The number of benzene rings is 1. The van der Waals surface area contributed by atoms with Crippen LogP contribution < -0.4 is 10.2 Å². The first-order valence-corrected chi connectivity index (χ1v) is 7.98. The first kappa shape index (κ1) is 14.4. The molecular weight excluding hydrogens is 260 g/mol. The van der Waals surface area contributed by atoms with Crippen LogP contribution in [0.1, 0.15) is 18.9 Å². The van der Waals surface area contributed by atoms with Gasteiger partial charge in [0, 0.05) is 37.9 Å². The van der Waals surface area contributed by atoms with Gasteiger partial charge in [-0.1, -0.05) is 6.92 Å². The van der Waals surface area contributed by atoms with Crippen LogP contribution in [0.15, 0.2) is 24.3 Å². The molecule has 2 saturated heterocycles. The lowest BCUT2D eigenvalue weighted by Crippen LogP contribution is -2.55. The Kier molecular flexibility index (Phi) is 4.42. The number of piperazine rings is 1. The highest BCUT2D eigenvalue weighted by molar-refractivity contribution is 5.50.